The Morgan fingerprint density at radius 2 is 1.97 bits per heavy atom. The normalized spacial score (nSPS) is 18.2. The topological polar surface area (TPSA) is 97.2 Å². The Hall–Kier alpha value is -2.07. The average Bonchev–Trinajstić information content (AvgIpc) is 3.04. The summed E-state index contributed by atoms with van der Waals surface area (Å²) in [6, 6.07) is 10.4. The van der Waals surface area contributed by atoms with Gasteiger partial charge in [-0.15, -0.1) is 5.10 Å². The molecule has 30 heavy (non-hydrogen) atoms. The van der Waals surface area contributed by atoms with E-state index >= 15 is 0 Å². The van der Waals surface area contributed by atoms with Gasteiger partial charge in [-0.2, -0.15) is 13.5 Å². The van der Waals surface area contributed by atoms with Gasteiger partial charge in [-0.3, -0.25) is 4.79 Å². The predicted molar refractivity (Wildman–Crippen MR) is 120 cm³/mol. The molecule has 1 unspecified atom stereocenters. The van der Waals surface area contributed by atoms with Crippen LogP contribution >= 0.6 is 35.0 Å². The highest BCUT2D eigenvalue weighted by atomic mass is 35.5. The molecule has 1 atom stereocenters. The maximum atomic E-state index is 12.6. The molecule has 1 fully saturated rings. The zero-order chi connectivity index (χ0) is 21.7. The lowest BCUT2D eigenvalue weighted by Gasteiger charge is -2.09. The number of nitrogens with zero attached hydrogens (tertiary/aromatic N) is 2. The first-order valence-electron chi connectivity index (χ1n) is 8.87. The molecule has 2 aromatic rings. The van der Waals surface area contributed by atoms with Crippen LogP contribution in [0, 0.1) is 0 Å². The van der Waals surface area contributed by atoms with E-state index in [0.717, 1.165) is 12.8 Å². The Labute approximate surface area is 188 Å². The van der Waals surface area contributed by atoms with Crippen LogP contribution in [0.1, 0.15) is 25.3 Å². The number of carbonyl (C=O) groups excluding carboxylic acids is 1. The van der Waals surface area contributed by atoms with Crippen molar-refractivity contribution in [1.29, 1.82) is 0 Å². The molecule has 1 heterocycles. The predicted octanol–water partition coefficient (Wildman–Crippen LogP) is 4.48. The van der Waals surface area contributed by atoms with Crippen LogP contribution in [-0.2, 0) is 14.9 Å². The maximum Gasteiger partial charge on any atom is 0.339 e. The van der Waals surface area contributed by atoms with Crippen LogP contribution in [0.3, 0.4) is 0 Å². The number of halogens is 2. The molecule has 3 rings (SSSR count). The van der Waals surface area contributed by atoms with Crippen LogP contribution < -0.4 is 9.50 Å². The van der Waals surface area contributed by atoms with Crippen LogP contribution in [0.5, 0.6) is 5.75 Å². The van der Waals surface area contributed by atoms with Gasteiger partial charge in [0, 0.05) is 5.56 Å². The maximum absolute atomic E-state index is 12.6. The number of carbonyl (C=O) groups is 1. The Bertz CT molecular complexity index is 1120. The first-order valence-corrected chi connectivity index (χ1v) is 11.9. The third-order valence-corrected chi connectivity index (χ3v) is 7.08. The summed E-state index contributed by atoms with van der Waals surface area (Å²) >= 11 is 13.1. The Morgan fingerprint density at radius 1 is 1.20 bits per heavy atom. The van der Waals surface area contributed by atoms with E-state index in [1.807, 2.05) is 6.92 Å². The van der Waals surface area contributed by atoms with Crippen molar-refractivity contribution in [1.82, 2.24) is 5.32 Å². The minimum atomic E-state index is -4.14. The highest BCUT2D eigenvalue weighted by Crippen LogP contribution is 2.28. The number of thioether (sulfide) groups is 1. The Morgan fingerprint density at radius 3 is 2.70 bits per heavy atom. The first kappa shape index (κ1) is 22.6. The lowest BCUT2D eigenvalue weighted by Crippen LogP contribution is -2.24. The van der Waals surface area contributed by atoms with Gasteiger partial charge >= 0.3 is 10.1 Å². The summed E-state index contributed by atoms with van der Waals surface area (Å²) in [7, 11) is -4.14. The van der Waals surface area contributed by atoms with Crippen LogP contribution in [0.4, 0.5) is 0 Å². The molecule has 0 aliphatic carbocycles. The van der Waals surface area contributed by atoms with Gasteiger partial charge in [0.15, 0.2) is 10.9 Å². The van der Waals surface area contributed by atoms with Gasteiger partial charge in [0.25, 0.3) is 0 Å². The number of nitrogens with one attached hydrogen (secondary N) is 1. The van der Waals surface area contributed by atoms with Crippen LogP contribution in [-0.4, -0.2) is 31.0 Å². The number of benzene rings is 2. The minimum Gasteiger partial charge on any atom is -0.378 e. The van der Waals surface area contributed by atoms with E-state index in [9.17, 15) is 13.2 Å². The summed E-state index contributed by atoms with van der Waals surface area (Å²) < 4.78 is 30.4. The fourth-order valence-electron chi connectivity index (χ4n) is 2.51. The molecule has 158 valence electrons. The van der Waals surface area contributed by atoms with Crippen molar-refractivity contribution >= 4 is 62.4 Å². The van der Waals surface area contributed by atoms with E-state index in [1.54, 1.807) is 18.2 Å². The SMILES string of the molecule is CCCC1S/C(=N/N=Cc2ccccc2OS(=O)(=O)c2ccc(Cl)c(Cl)c2)NC1=O. The molecule has 11 heteroatoms. The zero-order valence-corrected chi connectivity index (χ0v) is 18.9. The number of amidine groups is 1. The van der Waals surface area contributed by atoms with Gasteiger partial charge in [0.05, 0.1) is 21.5 Å². The first-order chi connectivity index (χ1) is 14.3. The van der Waals surface area contributed by atoms with Gasteiger partial charge in [-0.05, 0) is 36.8 Å². The van der Waals surface area contributed by atoms with Crippen LogP contribution in [0.25, 0.3) is 0 Å². The second kappa shape index (κ2) is 9.82. The molecule has 0 bridgehead atoms. The number of amides is 1. The highest BCUT2D eigenvalue weighted by molar-refractivity contribution is 8.15. The fraction of sp³-hybridized carbons (Fsp3) is 0.211. The van der Waals surface area contributed by atoms with Crippen LogP contribution in [0.15, 0.2) is 57.6 Å². The van der Waals surface area contributed by atoms with Crippen molar-refractivity contribution < 1.29 is 17.4 Å². The van der Waals surface area contributed by atoms with Crippen molar-refractivity contribution in [2.45, 2.75) is 29.9 Å². The number of hydrogen-bond donors (Lipinski definition) is 1. The third kappa shape index (κ3) is 5.54. The van der Waals surface area contributed by atoms with E-state index < -0.39 is 10.1 Å². The van der Waals surface area contributed by atoms with Crippen molar-refractivity contribution in [2.24, 2.45) is 10.2 Å². The molecule has 1 saturated heterocycles. The molecule has 0 aromatic heterocycles. The highest BCUT2D eigenvalue weighted by Gasteiger charge is 2.29. The Balaban J connectivity index is 1.78. The number of rotatable bonds is 7. The zero-order valence-electron chi connectivity index (χ0n) is 15.7. The lowest BCUT2D eigenvalue weighted by molar-refractivity contribution is -0.118. The summed E-state index contributed by atoms with van der Waals surface area (Å²) in [5, 5.41) is 11.2. The second-order valence-corrected chi connectivity index (χ2v) is 9.74. The molecular formula is C19H17Cl2N3O4S2. The van der Waals surface area contributed by atoms with Crippen LogP contribution in [0.2, 0.25) is 10.0 Å². The summed E-state index contributed by atoms with van der Waals surface area (Å²) in [6.07, 6.45) is 2.99. The molecule has 7 nitrogen and oxygen atoms in total. The summed E-state index contributed by atoms with van der Waals surface area (Å²) in [6.45, 7) is 2.00. The summed E-state index contributed by atoms with van der Waals surface area (Å²) in [5.41, 5.74) is 0.393. The van der Waals surface area contributed by atoms with Crippen molar-refractivity contribution in [3.8, 4) is 5.75 Å². The molecule has 0 saturated carbocycles. The standard InChI is InChI=1S/C19H17Cl2N3O4S2/c1-2-5-17-18(25)23-19(29-17)24-22-11-12-6-3-4-7-16(12)28-30(26,27)13-8-9-14(20)15(21)10-13/h3-4,6-11,17H,2,5H2,1H3,(H,23,24,25). The van der Waals surface area contributed by atoms with Gasteiger partial charge in [-0.25, -0.2) is 0 Å². The third-order valence-electron chi connectivity index (χ3n) is 3.97. The van der Waals surface area contributed by atoms with Gasteiger partial charge < -0.3 is 9.50 Å². The lowest BCUT2D eigenvalue weighted by atomic mass is 10.2. The molecule has 1 aliphatic rings. The minimum absolute atomic E-state index is 0.0690. The fourth-order valence-corrected chi connectivity index (χ4v) is 4.90. The largest absolute Gasteiger partial charge is 0.378 e. The Kier molecular flexibility index (Phi) is 7.41. The van der Waals surface area contributed by atoms with Gasteiger partial charge in [0.2, 0.25) is 5.91 Å². The molecule has 1 amide bonds. The van der Waals surface area contributed by atoms with Crippen molar-refractivity contribution in [3.05, 3.63) is 58.1 Å². The quantitative estimate of drug-likeness (QED) is 0.354. The molecule has 0 spiro atoms. The van der Waals surface area contributed by atoms with Crippen molar-refractivity contribution in [2.75, 3.05) is 0 Å². The van der Waals surface area contributed by atoms with E-state index in [1.165, 1.54) is 42.2 Å². The van der Waals surface area contributed by atoms with Gasteiger partial charge in [-0.1, -0.05) is 60.4 Å². The second-order valence-electron chi connectivity index (χ2n) is 6.19. The average molecular weight is 486 g/mol. The smallest absolute Gasteiger partial charge is 0.339 e. The van der Waals surface area contributed by atoms with E-state index in [2.05, 4.69) is 15.5 Å². The molecule has 0 radical (unpaired) electrons. The van der Waals surface area contributed by atoms with Crippen molar-refractivity contribution in [3.63, 3.8) is 0 Å². The van der Waals surface area contributed by atoms with E-state index in [0.29, 0.717) is 10.7 Å². The molecule has 1 aliphatic heterocycles. The molecule has 2 aromatic carbocycles. The summed E-state index contributed by atoms with van der Waals surface area (Å²) in [4.78, 5) is 11.7. The molecule has 1 N–H and O–H groups in total. The number of hydrogen-bond acceptors (Lipinski definition) is 7. The van der Waals surface area contributed by atoms with E-state index in [4.69, 9.17) is 27.4 Å². The van der Waals surface area contributed by atoms with E-state index in [-0.39, 0.29) is 31.8 Å². The number of para-hydroxylation sites is 1. The summed E-state index contributed by atoms with van der Waals surface area (Å²) in [5.74, 6) is -0.0215. The monoisotopic (exact) mass is 485 g/mol. The molecular weight excluding hydrogens is 469 g/mol. The van der Waals surface area contributed by atoms with Gasteiger partial charge in [0.1, 0.15) is 4.90 Å².